The van der Waals surface area contributed by atoms with Gasteiger partial charge in [-0.2, -0.15) is 0 Å². The number of hydrogen-bond acceptors (Lipinski definition) is 8. The topological polar surface area (TPSA) is 123 Å². The number of esters is 1. The fourth-order valence-corrected chi connectivity index (χ4v) is 6.21. The number of ketones is 1. The van der Waals surface area contributed by atoms with Crippen LogP contribution in [0.4, 0.5) is 0 Å². The standard InChI is InChI=1S/C50H70O8/c1-12-19-44(52)56-34-43-45(53)46(54)47(55)48(57-43)58-50(10,11)32-18-28-38(5)26-16-25-37(4)24-15-22-35(2)20-13-14-21-36(3)23-17-27-39(6)29-30-41-40(7)42(51)31-33-49(41,8)9/h13-18,20-30,43,45-48,53-55H,12,19,31-34H2,1-11H3/b14-13+,22-15+,23-17+,25-16+,28-18+,30-29+,35-20+,36-21+,37-24+,38-26+,39-27+/t43-,45-,46+,47-,48+/m1/s1. The van der Waals surface area contributed by atoms with Crippen LogP contribution in [-0.4, -0.2) is 70.0 Å². The summed E-state index contributed by atoms with van der Waals surface area (Å²) in [4.78, 5) is 24.0. The summed E-state index contributed by atoms with van der Waals surface area (Å²) in [6, 6.07) is 0. The third-order valence-corrected chi connectivity index (χ3v) is 9.98. The third kappa shape index (κ3) is 18.2. The summed E-state index contributed by atoms with van der Waals surface area (Å²) in [6.07, 6.45) is 31.0. The molecule has 0 aromatic carbocycles. The van der Waals surface area contributed by atoms with Crippen molar-refractivity contribution in [3.05, 3.63) is 142 Å². The smallest absolute Gasteiger partial charge is 0.305 e. The Balaban J connectivity index is 1.84. The SMILES string of the molecule is CCCC(=O)OC[C@H]1O[C@@H](OC(C)(C)C/C=C/C(C)=C/C=C/C(C)=C/C=C/C(C)=C/C=C/C=C(C)/C=C/C=C(C)/C=C/C2=C(C)C(=O)CCC2(C)C)[C@H](O)[C@@H](O)[C@@H]1O. The van der Waals surface area contributed by atoms with Gasteiger partial charge in [0.25, 0.3) is 0 Å². The van der Waals surface area contributed by atoms with Gasteiger partial charge in [0.15, 0.2) is 12.1 Å². The number of aliphatic hydroxyl groups excluding tert-OH is 3. The predicted molar refractivity (Wildman–Crippen MR) is 237 cm³/mol. The first kappa shape index (κ1) is 50.0. The molecule has 5 atom stereocenters. The number of ether oxygens (including phenoxy) is 3. The summed E-state index contributed by atoms with van der Waals surface area (Å²) in [5, 5.41) is 31.2. The van der Waals surface area contributed by atoms with Crippen LogP contribution in [0.2, 0.25) is 0 Å². The van der Waals surface area contributed by atoms with Gasteiger partial charge < -0.3 is 29.5 Å². The van der Waals surface area contributed by atoms with Gasteiger partial charge in [0.05, 0.1) is 5.60 Å². The second kappa shape index (κ2) is 24.7. The van der Waals surface area contributed by atoms with Crippen LogP contribution in [0.3, 0.4) is 0 Å². The van der Waals surface area contributed by atoms with Crippen molar-refractivity contribution >= 4 is 11.8 Å². The van der Waals surface area contributed by atoms with Gasteiger partial charge in [-0.15, -0.1) is 0 Å². The lowest BCUT2D eigenvalue weighted by Crippen LogP contribution is -2.60. The molecule has 0 bridgehead atoms. The zero-order valence-electron chi connectivity index (χ0n) is 36.8. The first-order valence-electron chi connectivity index (χ1n) is 20.5. The van der Waals surface area contributed by atoms with Gasteiger partial charge in [0, 0.05) is 12.8 Å². The Morgan fingerprint density at radius 1 is 0.776 bits per heavy atom. The van der Waals surface area contributed by atoms with Crippen molar-refractivity contribution in [2.45, 2.75) is 145 Å². The lowest BCUT2D eigenvalue weighted by Gasteiger charge is -2.42. The van der Waals surface area contributed by atoms with E-state index in [0.29, 0.717) is 19.3 Å². The van der Waals surface area contributed by atoms with Gasteiger partial charge in [0.2, 0.25) is 0 Å². The molecule has 318 valence electrons. The molecule has 0 aromatic rings. The van der Waals surface area contributed by atoms with Crippen molar-refractivity contribution in [2.75, 3.05) is 6.61 Å². The number of carbonyl (C=O) groups excluding carboxylic acids is 2. The van der Waals surface area contributed by atoms with Crippen LogP contribution in [0.15, 0.2) is 142 Å². The van der Waals surface area contributed by atoms with E-state index in [1.165, 1.54) is 0 Å². The lowest BCUT2D eigenvalue weighted by molar-refractivity contribution is -0.323. The van der Waals surface area contributed by atoms with Crippen LogP contribution in [0.25, 0.3) is 0 Å². The summed E-state index contributed by atoms with van der Waals surface area (Å²) >= 11 is 0. The van der Waals surface area contributed by atoms with Gasteiger partial charge in [-0.05, 0) is 91.2 Å². The van der Waals surface area contributed by atoms with E-state index in [1.807, 2.05) is 96.2 Å². The number of rotatable bonds is 19. The molecule has 58 heavy (non-hydrogen) atoms. The van der Waals surface area contributed by atoms with E-state index in [-0.39, 0.29) is 24.2 Å². The minimum absolute atomic E-state index is 0.0191. The number of Topliss-reactive ketones (excluding diaryl/α,β-unsaturated/α-hetero) is 1. The molecule has 1 aliphatic heterocycles. The molecule has 0 unspecified atom stereocenters. The summed E-state index contributed by atoms with van der Waals surface area (Å²) < 4.78 is 16.9. The van der Waals surface area contributed by atoms with Crippen molar-refractivity contribution in [3.63, 3.8) is 0 Å². The Labute approximate surface area is 348 Å². The highest BCUT2D eigenvalue weighted by molar-refractivity contribution is 5.97. The molecule has 0 spiro atoms. The van der Waals surface area contributed by atoms with Crippen molar-refractivity contribution < 1.29 is 39.1 Å². The summed E-state index contributed by atoms with van der Waals surface area (Å²) in [6.45, 7) is 21.9. The van der Waals surface area contributed by atoms with Gasteiger partial charge in [-0.25, -0.2) is 0 Å². The molecule has 1 saturated heterocycles. The maximum Gasteiger partial charge on any atom is 0.305 e. The van der Waals surface area contributed by atoms with Gasteiger partial charge >= 0.3 is 5.97 Å². The molecule has 0 aromatic heterocycles. The molecule has 0 saturated carbocycles. The highest BCUT2D eigenvalue weighted by atomic mass is 16.7. The van der Waals surface area contributed by atoms with Crippen LogP contribution >= 0.6 is 0 Å². The molecular formula is C50H70O8. The van der Waals surface area contributed by atoms with Crippen LogP contribution < -0.4 is 0 Å². The second-order valence-corrected chi connectivity index (χ2v) is 16.6. The van der Waals surface area contributed by atoms with E-state index >= 15 is 0 Å². The fraction of sp³-hybridized carbons (Fsp3) is 0.480. The minimum Gasteiger partial charge on any atom is -0.463 e. The van der Waals surface area contributed by atoms with Crippen LogP contribution in [0.5, 0.6) is 0 Å². The molecule has 0 radical (unpaired) electrons. The molecule has 8 nitrogen and oxygen atoms in total. The van der Waals surface area contributed by atoms with Crippen molar-refractivity contribution in [2.24, 2.45) is 5.41 Å². The van der Waals surface area contributed by atoms with E-state index in [2.05, 4.69) is 83.2 Å². The van der Waals surface area contributed by atoms with Crippen molar-refractivity contribution in [1.82, 2.24) is 0 Å². The quantitative estimate of drug-likeness (QED) is 0.0872. The average molecular weight is 799 g/mol. The van der Waals surface area contributed by atoms with E-state index < -0.39 is 42.3 Å². The Bertz CT molecular complexity index is 1760. The van der Waals surface area contributed by atoms with Gasteiger partial charge in [0.1, 0.15) is 31.0 Å². The molecule has 1 fully saturated rings. The molecule has 1 heterocycles. The molecule has 2 aliphatic rings. The van der Waals surface area contributed by atoms with E-state index in [0.717, 1.165) is 45.4 Å². The number of carbonyl (C=O) groups is 2. The fourth-order valence-electron chi connectivity index (χ4n) is 6.21. The summed E-state index contributed by atoms with van der Waals surface area (Å²) in [5.41, 5.74) is 6.81. The summed E-state index contributed by atoms with van der Waals surface area (Å²) in [7, 11) is 0. The number of aliphatic hydroxyl groups is 3. The lowest BCUT2D eigenvalue weighted by atomic mass is 9.72. The molecule has 8 heteroatoms. The Morgan fingerprint density at radius 3 is 1.81 bits per heavy atom. The third-order valence-electron chi connectivity index (χ3n) is 9.98. The zero-order valence-corrected chi connectivity index (χ0v) is 36.8. The van der Waals surface area contributed by atoms with Crippen LogP contribution in [0.1, 0.15) is 108 Å². The van der Waals surface area contributed by atoms with E-state index in [1.54, 1.807) is 0 Å². The minimum atomic E-state index is -1.51. The maximum absolute atomic E-state index is 12.2. The average Bonchev–Trinajstić information content (AvgIpc) is 3.14. The molecular weight excluding hydrogens is 729 g/mol. The van der Waals surface area contributed by atoms with E-state index in [9.17, 15) is 24.9 Å². The Morgan fingerprint density at radius 2 is 1.28 bits per heavy atom. The number of hydrogen-bond donors (Lipinski definition) is 3. The molecule has 2 rings (SSSR count). The second-order valence-electron chi connectivity index (χ2n) is 16.6. The Hall–Kier alpha value is -4.18. The van der Waals surface area contributed by atoms with Crippen LogP contribution in [-0.2, 0) is 23.8 Å². The first-order valence-corrected chi connectivity index (χ1v) is 20.5. The summed E-state index contributed by atoms with van der Waals surface area (Å²) in [5.74, 6) is -0.166. The highest BCUT2D eigenvalue weighted by Gasteiger charge is 2.46. The van der Waals surface area contributed by atoms with Gasteiger partial charge in [-0.1, -0.05) is 152 Å². The molecule has 3 N–H and O–H groups in total. The van der Waals surface area contributed by atoms with Gasteiger partial charge in [-0.3, -0.25) is 9.59 Å². The first-order chi connectivity index (χ1) is 27.3. The highest BCUT2D eigenvalue weighted by Crippen LogP contribution is 2.39. The monoisotopic (exact) mass is 799 g/mol. The van der Waals surface area contributed by atoms with Crippen LogP contribution in [0, 0.1) is 5.41 Å². The van der Waals surface area contributed by atoms with E-state index in [4.69, 9.17) is 14.2 Å². The largest absolute Gasteiger partial charge is 0.463 e. The van der Waals surface area contributed by atoms with Crippen molar-refractivity contribution in [1.29, 1.82) is 0 Å². The molecule has 1 aliphatic carbocycles. The normalized spacial score (nSPS) is 25.0. The molecule has 0 amide bonds. The number of allylic oxidation sites excluding steroid dienone is 23. The van der Waals surface area contributed by atoms with Crippen molar-refractivity contribution in [3.8, 4) is 0 Å². The predicted octanol–water partition coefficient (Wildman–Crippen LogP) is 10.1. The Kier molecular flexibility index (Phi) is 21.3. The zero-order chi connectivity index (χ0) is 43.5. The maximum atomic E-state index is 12.2.